The number of rotatable bonds is 0. The fourth-order valence-electron chi connectivity index (χ4n) is 6.61. The van der Waals surface area contributed by atoms with E-state index in [1.807, 2.05) is 95.2 Å². The van der Waals surface area contributed by atoms with Crippen molar-refractivity contribution in [3.05, 3.63) is 158 Å². The first kappa shape index (κ1) is 40.6. The molecule has 0 aliphatic rings. The quantitative estimate of drug-likeness (QED) is 0.145. The minimum atomic E-state index is -0.367. The Morgan fingerprint density at radius 2 is 0.929 bits per heavy atom. The number of fused-ring (bicyclic) bond motifs is 4. The van der Waals surface area contributed by atoms with Gasteiger partial charge in [0.15, 0.2) is 11.9 Å². The number of nitrogens with zero attached hydrogens (tertiary/aromatic N) is 4. The van der Waals surface area contributed by atoms with E-state index in [2.05, 4.69) is 19.9 Å². The second-order valence-electron chi connectivity index (χ2n) is 14.0. The van der Waals surface area contributed by atoms with Crippen LogP contribution in [-0.2, 0) is 0 Å². The Morgan fingerprint density at radius 3 is 1.59 bits per heavy atom. The first-order valence-electron chi connectivity index (χ1n) is 17.8. The van der Waals surface area contributed by atoms with E-state index in [-0.39, 0.29) is 22.5 Å². The Balaban J connectivity index is 0.000000143. The molecular formula is C44H44N4O8. The second-order valence-corrected chi connectivity index (χ2v) is 14.0. The molecule has 12 heteroatoms. The van der Waals surface area contributed by atoms with Crippen LogP contribution in [0.15, 0.2) is 86.6 Å². The highest BCUT2D eigenvalue weighted by Gasteiger charge is 2.12. The van der Waals surface area contributed by atoms with Gasteiger partial charge in [0.05, 0.1) is 46.0 Å². The lowest BCUT2D eigenvalue weighted by Gasteiger charge is -2.05. The number of aromatic nitrogens is 4. The lowest BCUT2D eigenvalue weighted by Crippen LogP contribution is -2.04. The van der Waals surface area contributed by atoms with Crippen molar-refractivity contribution in [3.8, 4) is 0 Å². The third-order valence-corrected chi connectivity index (χ3v) is 9.74. The minimum absolute atomic E-state index is 0.284. The van der Waals surface area contributed by atoms with Crippen LogP contribution in [0.1, 0.15) is 67.0 Å². The molecule has 12 nitrogen and oxygen atoms in total. The second kappa shape index (κ2) is 16.4. The highest BCUT2D eigenvalue weighted by molar-refractivity contribution is 5.88. The van der Waals surface area contributed by atoms with E-state index >= 15 is 0 Å². The molecule has 0 amide bonds. The largest absolute Gasteiger partial charge is 0.431 e. The molecule has 1 aromatic carbocycles. The van der Waals surface area contributed by atoms with Crippen molar-refractivity contribution in [1.82, 2.24) is 19.9 Å². The summed E-state index contributed by atoms with van der Waals surface area (Å²) in [5, 5.41) is 3.67. The van der Waals surface area contributed by atoms with Crippen LogP contribution in [0.25, 0.3) is 43.5 Å². The van der Waals surface area contributed by atoms with E-state index < -0.39 is 0 Å². The van der Waals surface area contributed by atoms with Gasteiger partial charge in [-0.15, -0.1) is 0 Å². The van der Waals surface area contributed by atoms with Gasteiger partial charge in [-0.05, 0) is 139 Å². The molecule has 288 valence electrons. The first-order chi connectivity index (χ1) is 26.4. The molecule has 0 aliphatic carbocycles. The summed E-state index contributed by atoms with van der Waals surface area (Å²) in [6, 6.07) is 3.87. The number of hydrogen-bond acceptors (Lipinski definition) is 12. The molecule has 0 radical (unpaired) electrons. The van der Waals surface area contributed by atoms with Crippen LogP contribution >= 0.6 is 0 Å². The van der Waals surface area contributed by atoms with Crippen LogP contribution in [0.2, 0.25) is 0 Å². The summed E-state index contributed by atoms with van der Waals surface area (Å²) >= 11 is 0. The average Bonchev–Trinajstić information content (AvgIpc) is 3.15. The van der Waals surface area contributed by atoms with E-state index in [4.69, 9.17) is 17.7 Å². The van der Waals surface area contributed by atoms with Crippen LogP contribution in [0, 0.1) is 83.1 Å². The normalized spacial score (nSPS) is 10.8. The summed E-state index contributed by atoms with van der Waals surface area (Å²) in [6.07, 6.45) is 9.03. The Bertz CT molecular complexity index is 3000. The van der Waals surface area contributed by atoms with E-state index in [9.17, 15) is 19.2 Å². The first-order valence-corrected chi connectivity index (χ1v) is 17.8. The van der Waals surface area contributed by atoms with Crippen molar-refractivity contribution in [2.24, 2.45) is 0 Å². The fourth-order valence-corrected chi connectivity index (χ4v) is 6.61. The van der Waals surface area contributed by atoms with Gasteiger partial charge < -0.3 is 17.7 Å². The Morgan fingerprint density at radius 1 is 0.393 bits per heavy atom. The molecule has 0 atom stereocenters. The molecule has 8 rings (SSSR count). The molecule has 56 heavy (non-hydrogen) atoms. The monoisotopic (exact) mass is 756 g/mol. The van der Waals surface area contributed by atoms with Crippen molar-refractivity contribution >= 4 is 43.5 Å². The third kappa shape index (κ3) is 8.09. The van der Waals surface area contributed by atoms with Crippen LogP contribution < -0.4 is 22.5 Å². The fraction of sp³-hybridized carbons (Fsp3) is 0.273. The van der Waals surface area contributed by atoms with Gasteiger partial charge in [0.2, 0.25) is 0 Å². The summed E-state index contributed by atoms with van der Waals surface area (Å²) in [7, 11) is 0. The number of pyridine rings is 3. The zero-order chi connectivity index (χ0) is 41.2. The summed E-state index contributed by atoms with van der Waals surface area (Å²) in [5.74, 6) is 0. The molecule has 7 aromatic heterocycles. The van der Waals surface area contributed by atoms with E-state index in [1.54, 1.807) is 12.4 Å². The third-order valence-electron chi connectivity index (χ3n) is 9.74. The molecular weight excluding hydrogens is 713 g/mol. The van der Waals surface area contributed by atoms with Gasteiger partial charge in [-0.25, -0.2) is 29.1 Å². The van der Waals surface area contributed by atoms with E-state index in [0.29, 0.717) is 21.7 Å². The van der Waals surface area contributed by atoms with Crippen molar-refractivity contribution in [2.45, 2.75) is 83.1 Å². The average molecular weight is 757 g/mol. The highest BCUT2D eigenvalue weighted by atomic mass is 16.4. The maximum Gasteiger partial charge on any atom is 0.362 e. The molecule has 0 aliphatic heterocycles. The van der Waals surface area contributed by atoms with Crippen LogP contribution in [0.5, 0.6) is 0 Å². The van der Waals surface area contributed by atoms with Crippen LogP contribution in [0.3, 0.4) is 0 Å². The number of benzene rings is 1. The van der Waals surface area contributed by atoms with Crippen LogP contribution in [0.4, 0.5) is 0 Å². The Labute approximate surface area is 321 Å². The Kier molecular flexibility index (Phi) is 11.9. The standard InChI is InChI=1S/4C11H11NO2/c1-6-4-12-8(3)9-7(2)5-14-11(13)10(6)9;1-6-4-12-10-9(8(6)3)7(2)5-14-11(10)13;1-6-4-8(3)12-10-7(2)5-14-11(13)9(6)10;1-6-4-7(2)9-10(8(6)3)12-5-14-11(9)13/h4*4-5H,1-3H3. The SMILES string of the molecule is Cc1cc(C)c2c(=O)occ(C)c2n1.Cc1cc(C)c2c(=O)ocnc2c1C.Cc1cnc2c(=O)occ(C)c2c1C.Cc1coc(=O)c2c(C)cnc(C)c12. The van der Waals surface area contributed by atoms with Gasteiger partial charge in [0, 0.05) is 40.1 Å². The maximum atomic E-state index is 11.5. The van der Waals surface area contributed by atoms with E-state index in [0.717, 1.165) is 88.8 Å². The summed E-state index contributed by atoms with van der Waals surface area (Å²) < 4.78 is 19.4. The molecule has 8 aromatic rings. The van der Waals surface area contributed by atoms with Crippen molar-refractivity contribution in [2.75, 3.05) is 0 Å². The molecule has 0 unspecified atom stereocenters. The molecule has 0 saturated carbocycles. The van der Waals surface area contributed by atoms with Gasteiger partial charge in [-0.2, -0.15) is 0 Å². The topological polar surface area (TPSA) is 172 Å². The van der Waals surface area contributed by atoms with Gasteiger partial charge in [-0.1, -0.05) is 6.07 Å². The van der Waals surface area contributed by atoms with E-state index in [1.165, 1.54) is 25.2 Å². The smallest absolute Gasteiger partial charge is 0.362 e. The molecule has 0 spiro atoms. The van der Waals surface area contributed by atoms with Gasteiger partial charge in [0.25, 0.3) is 0 Å². The van der Waals surface area contributed by atoms with Crippen molar-refractivity contribution in [3.63, 3.8) is 0 Å². The summed E-state index contributed by atoms with van der Waals surface area (Å²) in [4.78, 5) is 62.5. The van der Waals surface area contributed by atoms with Crippen molar-refractivity contribution < 1.29 is 17.7 Å². The minimum Gasteiger partial charge on any atom is -0.431 e. The molecule has 0 saturated heterocycles. The number of hydrogen-bond donors (Lipinski definition) is 0. The molecule has 0 bridgehead atoms. The van der Waals surface area contributed by atoms with Gasteiger partial charge in [-0.3, -0.25) is 9.97 Å². The molecule has 0 fully saturated rings. The molecule has 7 heterocycles. The lowest BCUT2D eigenvalue weighted by atomic mass is 10.0. The predicted octanol–water partition coefficient (Wildman–Crippen LogP) is 8.45. The van der Waals surface area contributed by atoms with Gasteiger partial charge >= 0.3 is 22.5 Å². The van der Waals surface area contributed by atoms with Crippen molar-refractivity contribution in [1.29, 1.82) is 0 Å². The van der Waals surface area contributed by atoms with Crippen LogP contribution in [-0.4, -0.2) is 19.9 Å². The lowest BCUT2D eigenvalue weighted by molar-refractivity contribution is 0.500. The molecule has 0 N–H and O–H groups in total. The zero-order valence-corrected chi connectivity index (χ0v) is 33.7. The number of aryl methyl sites for hydroxylation is 12. The maximum absolute atomic E-state index is 11.5. The predicted molar refractivity (Wildman–Crippen MR) is 218 cm³/mol. The van der Waals surface area contributed by atoms with Gasteiger partial charge in [0.1, 0.15) is 0 Å². The Hall–Kier alpha value is -6.56. The summed E-state index contributed by atoms with van der Waals surface area (Å²) in [6.45, 7) is 23.1. The summed E-state index contributed by atoms with van der Waals surface area (Å²) in [5.41, 5.74) is 12.3. The zero-order valence-electron chi connectivity index (χ0n) is 33.7. The highest BCUT2D eigenvalue weighted by Crippen LogP contribution is 2.22.